The molecule has 2 heterocycles. The molecule has 8 nitrogen and oxygen atoms in total. The number of benzene rings is 3. The van der Waals surface area contributed by atoms with Gasteiger partial charge < -0.3 is 19.5 Å². The Morgan fingerprint density at radius 3 is 1.95 bits per heavy atom. The predicted molar refractivity (Wildman–Crippen MR) is 153 cm³/mol. The van der Waals surface area contributed by atoms with Gasteiger partial charge in [0.15, 0.2) is 0 Å². The number of amides is 1. The van der Waals surface area contributed by atoms with E-state index in [0.717, 1.165) is 29.9 Å². The summed E-state index contributed by atoms with van der Waals surface area (Å²) in [7, 11) is 1.57. The average molecular weight is 523 g/mol. The minimum Gasteiger partial charge on any atom is -0.378 e. The lowest BCUT2D eigenvalue weighted by molar-refractivity contribution is -0.116. The number of carbonyl (C=O) groups is 1. The van der Waals surface area contributed by atoms with Crippen LogP contribution >= 0.6 is 0 Å². The summed E-state index contributed by atoms with van der Waals surface area (Å²) in [5, 5.41) is 3.20. The molecule has 0 saturated carbocycles. The molecule has 5 rings (SSSR count). The van der Waals surface area contributed by atoms with Crippen LogP contribution in [0.4, 0.5) is 11.4 Å². The van der Waals surface area contributed by atoms with Crippen LogP contribution in [0.25, 0.3) is 12.2 Å². The smallest absolute Gasteiger partial charge is 0.275 e. The molecule has 3 aromatic carbocycles. The number of nitrogens with zero attached hydrogens (tertiary/aromatic N) is 3. The number of hydrogen-bond acceptors (Lipinski definition) is 5. The predicted octanol–water partition coefficient (Wildman–Crippen LogP) is 1.68. The lowest BCUT2D eigenvalue weighted by Gasteiger charge is -2.28. The van der Waals surface area contributed by atoms with Gasteiger partial charge in [-0.1, -0.05) is 60.7 Å². The van der Waals surface area contributed by atoms with E-state index < -0.39 is 11.5 Å². The molecule has 1 fully saturated rings. The molecular weight excluding hydrogens is 492 g/mol. The monoisotopic (exact) mass is 522 g/mol. The molecule has 1 saturated heterocycles. The number of carbonyl (C=O) groups excluding carboxylic acids is 1. The molecule has 1 aliphatic rings. The van der Waals surface area contributed by atoms with Gasteiger partial charge in [0, 0.05) is 31.5 Å². The summed E-state index contributed by atoms with van der Waals surface area (Å²) in [5.41, 5.74) is 2.39. The summed E-state index contributed by atoms with van der Waals surface area (Å²) in [4.78, 5) is 42.6. The molecule has 4 aromatic rings. The van der Waals surface area contributed by atoms with Crippen molar-refractivity contribution in [3.63, 3.8) is 0 Å². The zero-order chi connectivity index (χ0) is 27.2. The van der Waals surface area contributed by atoms with Gasteiger partial charge in [0.05, 0.1) is 13.2 Å². The minimum atomic E-state index is -0.430. The van der Waals surface area contributed by atoms with Crippen molar-refractivity contribution in [2.45, 2.75) is 6.54 Å². The number of ether oxygens (including phenoxy) is 1. The molecule has 0 bridgehead atoms. The highest BCUT2D eigenvalue weighted by molar-refractivity contribution is 5.90. The molecule has 39 heavy (non-hydrogen) atoms. The van der Waals surface area contributed by atoms with E-state index >= 15 is 0 Å². The minimum absolute atomic E-state index is 0.136. The van der Waals surface area contributed by atoms with Crippen LogP contribution in [0.5, 0.6) is 0 Å². The summed E-state index contributed by atoms with van der Waals surface area (Å²) >= 11 is 0. The first kappa shape index (κ1) is 25.9. The Kier molecular flexibility index (Phi) is 7.84. The lowest BCUT2D eigenvalue weighted by atomic mass is 10.2. The lowest BCUT2D eigenvalue weighted by Crippen LogP contribution is -2.58. The van der Waals surface area contributed by atoms with Crippen molar-refractivity contribution < 1.29 is 9.53 Å². The van der Waals surface area contributed by atoms with Crippen LogP contribution in [-0.4, -0.2) is 41.3 Å². The first-order valence-corrected chi connectivity index (χ1v) is 12.9. The maximum Gasteiger partial charge on any atom is 0.275 e. The number of hydrogen-bond donors (Lipinski definition) is 1. The van der Waals surface area contributed by atoms with Gasteiger partial charge in [0.25, 0.3) is 11.1 Å². The van der Waals surface area contributed by atoms with Crippen molar-refractivity contribution >= 4 is 29.4 Å². The van der Waals surface area contributed by atoms with Gasteiger partial charge >= 0.3 is 0 Å². The Balaban J connectivity index is 1.51. The molecule has 1 aliphatic heterocycles. The van der Waals surface area contributed by atoms with E-state index in [2.05, 4.69) is 10.2 Å². The van der Waals surface area contributed by atoms with Crippen LogP contribution < -0.4 is 32.0 Å². The topological polar surface area (TPSA) is 85.6 Å². The average Bonchev–Trinajstić information content (AvgIpc) is 2.98. The third-order valence-corrected chi connectivity index (χ3v) is 6.68. The normalized spacial score (nSPS) is 14.4. The fourth-order valence-electron chi connectivity index (χ4n) is 4.58. The van der Waals surface area contributed by atoms with Crippen molar-refractivity contribution in [3.05, 3.63) is 127 Å². The number of aromatic nitrogens is 2. The molecule has 0 radical (unpaired) electrons. The van der Waals surface area contributed by atoms with Crippen molar-refractivity contribution in [1.29, 1.82) is 0 Å². The van der Waals surface area contributed by atoms with Gasteiger partial charge in [0.1, 0.15) is 17.2 Å². The van der Waals surface area contributed by atoms with Crippen molar-refractivity contribution in [3.8, 4) is 0 Å². The first-order chi connectivity index (χ1) is 19.0. The van der Waals surface area contributed by atoms with Crippen LogP contribution in [0, 0.1) is 0 Å². The molecule has 1 aromatic heterocycles. The van der Waals surface area contributed by atoms with Crippen LogP contribution in [-0.2, 0) is 23.1 Å². The Morgan fingerprint density at radius 1 is 0.795 bits per heavy atom. The van der Waals surface area contributed by atoms with Crippen LogP contribution in [0.3, 0.4) is 0 Å². The zero-order valence-corrected chi connectivity index (χ0v) is 21.7. The van der Waals surface area contributed by atoms with Crippen LogP contribution in [0.15, 0.2) is 94.5 Å². The summed E-state index contributed by atoms with van der Waals surface area (Å²) in [5.74, 6) is -0.405. The van der Waals surface area contributed by atoms with Gasteiger partial charge in [-0.2, -0.15) is 0 Å². The maximum atomic E-state index is 13.7. The Morgan fingerprint density at radius 2 is 1.36 bits per heavy atom. The Labute approximate surface area is 225 Å². The van der Waals surface area contributed by atoms with Gasteiger partial charge in [-0.25, -0.2) is 0 Å². The van der Waals surface area contributed by atoms with Crippen molar-refractivity contribution in [1.82, 2.24) is 9.13 Å². The third kappa shape index (κ3) is 6.08. The number of anilines is 2. The van der Waals surface area contributed by atoms with Crippen molar-refractivity contribution in [2.24, 2.45) is 7.05 Å². The van der Waals surface area contributed by atoms with Crippen LogP contribution in [0.1, 0.15) is 11.1 Å². The van der Waals surface area contributed by atoms with Gasteiger partial charge in [-0.05, 0) is 47.5 Å². The molecule has 0 spiro atoms. The summed E-state index contributed by atoms with van der Waals surface area (Å²) < 4.78 is 8.00. The fourth-order valence-corrected chi connectivity index (χ4v) is 4.58. The second kappa shape index (κ2) is 11.8. The maximum absolute atomic E-state index is 13.7. The van der Waals surface area contributed by atoms with E-state index in [1.165, 1.54) is 9.13 Å². The van der Waals surface area contributed by atoms with E-state index in [1.807, 2.05) is 84.9 Å². The van der Waals surface area contributed by atoms with E-state index in [4.69, 9.17) is 4.74 Å². The number of rotatable bonds is 6. The molecule has 1 amide bonds. The SMILES string of the molecule is Cn1c(=O)c(=Cc2ccccc2)n(CC(=O)Nc2ccc(N3CCOCC3)cc2)c(=O)c1=Cc1ccccc1. The highest BCUT2D eigenvalue weighted by Gasteiger charge is 2.14. The zero-order valence-electron chi connectivity index (χ0n) is 21.7. The molecule has 0 aliphatic carbocycles. The van der Waals surface area contributed by atoms with Crippen LogP contribution in [0.2, 0.25) is 0 Å². The largest absolute Gasteiger partial charge is 0.378 e. The van der Waals surface area contributed by atoms with Crippen molar-refractivity contribution in [2.75, 3.05) is 36.5 Å². The fraction of sp³-hybridized carbons (Fsp3) is 0.194. The van der Waals surface area contributed by atoms with Gasteiger partial charge in [-0.3, -0.25) is 19.0 Å². The van der Waals surface area contributed by atoms with E-state index in [0.29, 0.717) is 18.9 Å². The quantitative estimate of drug-likeness (QED) is 0.417. The Bertz CT molecular complexity index is 1690. The van der Waals surface area contributed by atoms with E-state index in [1.54, 1.807) is 19.2 Å². The molecule has 1 N–H and O–H groups in total. The first-order valence-electron chi connectivity index (χ1n) is 12.9. The summed E-state index contributed by atoms with van der Waals surface area (Å²) in [6.45, 7) is 2.71. The summed E-state index contributed by atoms with van der Waals surface area (Å²) in [6.07, 6.45) is 3.30. The second-order valence-corrected chi connectivity index (χ2v) is 9.33. The molecule has 0 unspecified atom stereocenters. The third-order valence-electron chi connectivity index (χ3n) is 6.68. The van der Waals surface area contributed by atoms with E-state index in [-0.39, 0.29) is 22.8 Å². The van der Waals surface area contributed by atoms with Gasteiger partial charge in [0.2, 0.25) is 5.91 Å². The Hall–Kier alpha value is -4.69. The molecule has 0 atom stereocenters. The highest BCUT2D eigenvalue weighted by atomic mass is 16.5. The molecule has 198 valence electrons. The number of morpholine rings is 1. The standard InChI is InChI=1S/C31H30N4O4/c1-33-27(20-23-8-4-2-5-9-23)31(38)35(28(30(33)37)21-24-10-6-3-7-11-24)22-29(36)32-25-12-14-26(15-13-25)34-16-18-39-19-17-34/h2-15,20-21H,16-19,22H2,1H3,(H,32,36). The number of nitrogens with one attached hydrogen (secondary N) is 1. The highest BCUT2D eigenvalue weighted by Crippen LogP contribution is 2.19. The summed E-state index contributed by atoms with van der Waals surface area (Å²) in [6, 6.07) is 26.1. The molecule has 8 heteroatoms. The second-order valence-electron chi connectivity index (χ2n) is 9.33. The van der Waals surface area contributed by atoms with E-state index in [9.17, 15) is 14.4 Å². The van der Waals surface area contributed by atoms with Gasteiger partial charge in [-0.15, -0.1) is 0 Å². The molecular formula is C31H30N4O4.